The van der Waals surface area contributed by atoms with E-state index in [-0.39, 0.29) is 22.9 Å². The van der Waals surface area contributed by atoms with E-state index in [0.717, 1.165) is 30.7 Å². The van der Waals surface area contributed by atoms with Crippen LogP contribution in [0.4, 0.5) is 0 Å². The van der Waals surface area contributed by atoms with Crippen molar-refractivity contribution in [3.63, 3.8) is 0 Å². The number of aliphatic hydroxyl groups excluding tert-OH is 1. The van der Waals surface area contributed by atoms with Gasteiger partial charge in [0.2, 0.25) is 0 Å². The fourth-order valence-corrected chi connectivity index (χ4v) is 4.45. The van der Waals surface area contributed by atoms with Gasteiger partial charge in [-0.3, -0.25) is 0 Å². The average Bonchev–Trinajstić information content (AvgIpc) is 2.37. The Balaban J connectivity index is 2.37. The third kappa shape index (κ3) is 1.86. The minimum Gasteiger partial charge on any atom is -0.395 e. The van der Waals surface area contributed by atoms with Gasteiger partial charge in [-0.25, -0.2) is 0 Å². The molecule has 1 N–H and O–H groups in total. The molecule has 110 valence electrons. The highest BCUT2D eigenvalue weighted by Crippen LogP contribution is 2.56. The molecule has 0 bridgehead atoms. The normalized spacial score (nSPS) is 25.1. The molecule has 0 atom stereocenters. The summed E-state index contributed by atoms with van der Waals surface area (Å²) in [4.78, 5) is 0. The molecular weight excluding hydrogens is 268 g/mol. The lowest BCUT2D eigenvalue weighted by molar-refractivity contribution is 0.128. The first kappa shape index (κ1) is 14.4. The molecule has 0 radical (unpaired) electrons. The molecule has 0 unspecified atom stereocenters. The van der Waals surface area contributed by atoms with Crippen LogP contribution in [0.15, 0.2) is 12.1 Å². The Labute approximate surface area is 127 Å². The highest BCUT2D eigenvalue weighted by atomic mass is 35.5. The third-order valence-electron chi connectivity index (χ3n) is 5.85. The Kier molecular flexibility index (Phi) is 3.05. The fraction of sp³-hybridized carbons (Fsp3) is 0.667. The van der Waals surface area contributed by atoms with Crippen LogP contribution in [0.2, 0.25) is 5.02 Å². The highest BCUT2D eigenvalue weighted by Gasteiger charge is 2.49. The first-order chi connectivity index (χ1) is 9.22. The molecule has 2 heteroatoms. The van der Waals surface area contributed by atoms with Crippen LogP contribution in [0.25, 0.3) is 0 Å². The maximum absolute atomic E-state index is 10.1. The molecule has 0 saturated carbocycles. The monoisotopic (exact) mass is 292 g/mol. The van der Waals surface area contributed by atoms with Crippen LogP contribution in [-0.4, -0.2) is 11.7 Å². The number of benzene rings is 1. The number of rotatable bonds is 1. The maximum Gasteiger partial charge on any atom is 0.0528 e. The average molecular weight is 293 g/mol. The smallest absolute Gasteiger partial charge is 0.0528 e. The van der Waals surface area contributed by atoms with E-state index in [4.69, 9.17) is 11.6 Å². The summed E-state index contributed by atoms with van der Waals surface area (Å²) >= 11 is 6.41. The Bertz CT molecular complexity index is 516. The van der Waals surface area contributed by atoms with Crippen molar-refractivity contribution in [1.29, 1.82) is 0 Å². The number of hydrogen-bond acceptors (Lipinski definition) is 1. The zero-order chi connectivity index (χ0) is 14.8. The van der Waals surface area contributed by atoms with Gasteiger partial charge in [0.1, 0.15) is 0 Å². The quantitative estimate of drug-likeness (QED) is 0.794. The van der Waals surface area contributed by atoms with Crippen molar-refractivity contribution in [3.05, 3.63) is 33.8 Å². The maximum atomic E-state index is 10.1. The molecular formula is C18H25ClO. The van der Waals surface area contributed by atoms with E-state index >= 15 is 0 Å². The molecule has 1 aromatic rings. The van der Waals surface area contributed by atoms with Crippen LogP contribution >= 0.6 is 11.6 Å². The predicted octanol–water partition coefficient (Wildman–Crippen LogP) is 4.71. The largest absolute Gasteiger partial charge is 0.395 e. The molecule has 20 heavy (non-hydrogen) atoms. The number of halogens is 1. The van der Waals surface area contributed by atoms with Crippen LogP contribution in [0.3, 0.4) is 0 Å². The van der Waals surface area contributed by atoms with Crippen molar-refractivity contribution in [2.75, 3.05) is 6.61 Å². The highest BCUT2D eigenvalue weighted by molar-refractivity contribution is 6.30. The Morgan fingerprint density at radius 1 is 0.950 bits per heavy atom. The molecule has 0 saturated heterocycles. The SMILES string of the molecule is CC1(C)CCC2(CO)CCC(C)(C)c3cc(Cl)cc1c32. The lowest BCUT2D eigenvalue weighted by Gasteiger charge is -2.52. The lowest BCUT2D eigenvalue weighted by atomic mass is 9.53. The summed E-state index contributed by atoms with van der Waals surface area (Å²) in [5, 5.41) is 11.0. The van der Waals surface area contributed by atoms with Crippen molar-refractivity contribution in [3.8, 4) is 0 Å². The Morgan fingerprint density at radius 3 is 1.80 bits per heavy atom. The molecule has 0 heterocycles. The van der Waals surface area contributed by atoms with Crippen LogP contribution in [0.5, 0.6) is 0 Å². The van der Waals surface area contributed by atoms with Crippen LogP contribution in [-0.2, 0) is 16.2 Å². The summed E-state index contributed by atoms with van der Waals surface area (Å²) in [6.07, 6.45) is 4.43. The molecule has 0 amide bonds. The second kappa shape index (κ2) is 4.24. The van der Waals surface area contributed by atoms with Crippen molar-refractivity contribution < 1.29 is 5.11 Å². The van der Waals surface area contributed by atoms with Crippen LogP contribution < -0.4 is 0 Å². The number of hydrogen-bond donors (Lipinski definition) is 1. The molecule has 3 rings (SSSR count). The van der Waals surface area contributed by atoms with Gasteiger partial charge in [0.15, 0.2) is 0 Å². The van der Waals surface area contributed by atoms with Gasteiger partial charge in [-0.2, -0.15) is 0 Å². The molecule has 0 spiro atoms. The van der Waals surface area contributed by atoms with Crippen molar-refractivity contribution >= 4 is 11.6 Å². The molecule has 2 aliphatic carbocycles. The van der Waals surface area contributed by atoms with E-state index in [2.05, 4.69) is 39.8 Å². The van der Waals surface area contributed by atoms with E-state index in [1.807, 2.05) is 0 Å². The van der Waals surface area contributed by atoms with Gasteiger partial charge in [-0.1, -0.05) is 39.3 Å². The summed E-state index contributed by atoms with van der Waals surface area (Å²) in [5.74, 6) is 0. The Morgan fingerprint density at radius 2 is 1.40 bits per heavy atom. The summed E-state index contributed by atoms with van der Waals surface area (Å²) in [6.45, 7) is 9.49. The molecule has 0 fully saturated rings. The minimum absolute atomic E-state index is 0.0275. The van der Waals surface area contributed by atoms with Crippen LogP contribution in [0.1, 0.15) is 70.1 Å². The summed E-state index contributed by atoms with van der Waals surface area (Å²) < 4.78 is 0. The van der Waals surface area contributed by atoms with Crippen molar-refractivity contribution in [2.24, 2.45) is 0 Å². The molecule has 1 aromatic carbocycles. The zero-order valence-electron chi connectivity index (χ0n) is 13.0. The van der Waals surface area contributed by atoms with Gasteiger partial charge in [-0.05, 0) is 65.3 Å². The first-order valence-corrected chi connectivity index (χ1v) is 8.06. The predicted molar refractivity (Wildman–Crippen MR) is 84.7 cm³/mol. The second-order valence-electron chi connectivity index (χ2n) is 8.08. The number of aliphatic hydroxyl groups is 1. The first-order valence-electron chi connectivity index (χ1n) is 7.68. The van der Waals surface area contributed by atoms with E-state index in [0.29, 0.717) is 0 Å². The zero-order valence-corrected chi connectivity index (χ0v) is 13.8. The standard InChI is InChI=1S/C18H25ClO/c1-16(2)5-7-18(11-20)8-6-17(3,4)14-10-12(19)9-13(16)15(14)18/h9-10,20H,5-8,11H2,1-4H3. The van der Waals surface area contributed by atoms with E-state index in [9.17, 15) is 5.11 Å². The van der Waals surface area contributed by atoms with Gasteiger partial charge in [0, 0.05) is 10.4 Å². The minimum atomic E-state index is -0.0275. The summed E-state index contributed by atoms with van der Waals surface area (Å²) in [6, 6.07) is 4.29. The van der Waals surface area contributed by atoms with Crippen LogP contribution in [0, 0.1) is 0 Å². The molecule has 2 aliphatic rings. The van der Waals surface area contributed by atoms with E-state index in [1.165, 1.54) is 16.7 Å². The topological polar surface area (TPSA) is 20.2 Å². The third-order valence-corrected chi connectivity index (χ3v) is 6.07. The van der Waals surface area contributed by atoms with E-state index in [1.54, 1.807) is 0 Å². The lowest BCUT2D eigenvalue weighted by Crippen LogP contribution is -2.46. The van der Waals surface area contributed by atoms with E-state index < -0.39 is 0 Å². The Hall–Kier alpha value is -0.530. The van der Waals surface area contributed by atoms with Gasteiger partial charge < -0.3 is 5.11 Å². The molecule has 1 nitrogen and oxygen atoms in total. The van der Waals surface area contributed by atoms with Gasteiger partial charge in [0.25, 0.3) is 0 Å². The molecule has 0 aliphatic heterocycles. The van der Waals surface area contributed by atoms with Crippen molar-refractivity contribution in [2.45, 2.75) is 69.6 Å². The summed E-state index contributed by atoms with van der Waals surface area (Å²) in [7, 11) is 0. The van der Waals surface area contributed by atoms with Gasteiger partial charge in [-0.15, -0.1) is 0 Å². The van der Waals surface area contributed by atoms with Gasteiger partial charge >= 0.3 is 0 Å². The van der Waals surface area contributed by atoms with Crippen molar-refractivity contribution in [1.82, 2.24) is 0 Å². The molecule has 0 aromatic heterocycles. The van der Waals surface area contributed by atoms with Gasteiger partial charge in [0.05, 0.1) is 6.61 Å². The summed E-state index contributed by atoms with van der Waals surface area (Å²) in [5.41, 5.74) is 4.43. The fourth-order valence-electron chi connectivity index (χ4n) is 4.23. The second-order valence-corrected chi connectivity index (χ2v) is 8.52.